The van der Waals surface area contributed by atoms with Gasteiger partial charge in [0.2, 0.25) is 0 Å². The van der Waals surface area contributed by atoms with Gasteiger partial charge in [-0.15, -0.1) is 0 Å². The SMILES string of the molecule is CC(C)(C)c1ccccc1OP(=O)(O)O.[NaH]. The van der Waals surface area contributed by atoms with Crippen molar-refractivity contribution < 1.29 is 18.9 Å². The van der Waals surface area contributed by atoms with E-state index in [9.17, 15) is 4.57 Å². The Hall–Kier alpha value is 0.170. The molecule has 1 aromatic carbocycles. The Bertz CT molecular complexity index is 394. The molecule has 6 heteroatoms. The third-order valence-electron chi connectivity index (χ3n) is 1.91. The number of hydrogen-bond acceptors (Lipinski definition) is 2. The van der Waals surface area contributed by atoms with Crippen LogP contribution in [0, 0.1) is 0 Å². The molecule has 0 bridgehead atoms. The summed E-state index contributed by atoms with van der Waals surface area (Å²) in [6.07, 6.45) is 0. The van der Waals surface area contributed by atoms with Crippen LogP contribution in [-0.4, -0.2) is 39.3 Å². The fourth-order valence-electron chi connectivity index (χ4n) is 1.29. The first-order valence-electron chi connectivity index (χ1n) is 4.55. The summed E-state index contributed by atoms with van der Waals surface area (Å²) < 4.78 is 15.4. The van der Waals surface area contributed by atoms with Gasteiger partial charge in [-0.25, -0.2) is 4.57 Å². The first-order chi connectivity index (χ1) is 6.70. The number of phosphoric acid groups is 1. The van der Waals surface area contributed by atoms with Gasteiger partial charge in [-0.1, -0.05) is 39.0 Å². The van der Waals surface area contributed by atoms with Gasteiger partial charge < -0.3 is 4.52 Å². The molecule has 0 unspecified atom stereocenters. The van der Waals surface area contributed by atoms with Crippen molar-refractivity contribution in [3.63, 3.8) is 0 Å². The van der Waals surface area contributed by atoms with Gasteiger partial charge in [0.1, 0.15) is 5.75 Å². The summed E-state index contributed by atoms with van der Waals surface area (Å²) in [5, 5.41) is 0. The van der Waals surface area contributed by atoms with Gasteiger partial charge in [-0.2, -0.15) is 0 Å². The molecule has 0 saturated heterocycles. The molecular weight excluding hydrogens is 238 g/mol. The van der Waals surface area contributed by atoms with Crippen LogP contribution >= 0.6 is 7.82 Å². The van der Waals surface area contributed by atoms with Crippen molar-refractivity contribution in [2.75, 3.05) is 0 Å². The van der Waals surface area contributed by atoms with Crippen LogP contribution < -0.4 is 4.52 Å². The summed E-state index contributed by atoms with van der Waals surface area (Å²) in [5.74, 6) is 0.235. The molecule has 0 heterocycles. The molecule has 0 aliphatic carbocycles. The van der Waals surface area contributed by atoms with E-state index < -0.39 is 7.82 Å². The van der Waals surface area contributed by atoms with Crippen LogP contribution in [0.4, 0.5) is 0 Å². The number of benzene rings is 1. The Morgan fingerprint density at radius 2 is 1.69 bits per heavy atom. The molecule has 1 aromatic rings. The maximum absolute atomic E-state index is 10.8. The number of rotatable bonds is 2. The number of phosphoric ester groups is 1. The standard InChI is InChI=1S/C10H15O4P.Na.H/c1-10(2,3)8-6-4-5-7-9(8)14-15(11,12)13;;/h4-7H,1-3H3,(H2,11,12,13);;. The molecule has 0 spiro atoms. The van der Waals surface area contributed by atoms with E-state index in [2.05, 4.69) is 4.52 Å². The fourth-order valence-corrected chi connectivity index (χ4v) is 1.71. The molecule has 0 radical (unpaired) electrons. The summed E-state index contributed by atoms with van der Waals surface area (Å²) >= 11 is 0. The van der Waals surface area contributed by atoms with E-state index in [0.717, 1.165) is 5.56 Å². The quantitative estimate of drug-likeness (QED) is 0.624. The molecular formula is C10H16NaO4P. The van der Waals surface area contributed by atoms with Crippen LogP contribution in [0.1, 0.15) is 26.3 Å². The Morgan fingerprint density at radius 1 is 1.19 bits per heavy atom. The van der Waals surface area contributed by atoms with Crippen molar-refractivity contribution in [3.8, 4) is 5.75 Å². The van der Waals surface area contributed by atoms with E-state index in [1.807, 2.05) is 26.8 Å². The summed E-state index contributed by atoms with van der Waals surface area (Å²) in [6, 6.07) is 6.85. The van der Waals surface area contributed by atoms with Crippen LogP contribution in [0.2, 0.25) is 0 Å². The topological polar surface area (TPSA) is 66.8 Å². The maximum atomic E-state index is 10.8. The van der Waals surface area contributed by atoms with Gasteiger partial charge in [-0.05, 0) is 11.5 Å². The second kappa shape index (κ2) is 5.67. The van der Waals surface area contributed by atoms with Crippen LogP contribution in [-0.2, 0) is 9.98 Å². The molecule has 4 nitrogen and oxygen atoms in total. The number of hydrogen-bond donors (Lipinski definition) is 2. The van der Waals surface area contributed by atoms with Gasteiger partial charge in [-0.3, -0.25) is 9.79 Å². The molecule has 0 aromatic heterocycles. The van der Waals surface area contributed by atoms with Gasteiger partial charge in [0.15, 0.2) is 0 Å². The number of para-hydroxylation sites is 1. The first-order valence-corrected chi connectivity index (χ1v) is 6.08. The van der Waals surface area contributed by atoms with Gasteiger partial charge in [0.25, 0.3) is 0 Å². The van der Waals surface area contributed by atoms with Crippen LogP contribution in [0.3, 0.4) is 0 Å². The van der Waals surface area contributed by atoms with E-state index in [1.54, 1.807) is 18.2 Å². The molecule has 0 atom stereocenters. The zero-order valence-corrected chi connectivity index (χ0v) is 9.86. The first kappa shape index (κ1) is 16.2. The third-order valence-corrected chi connectivity index (χ3v) is 2.35. The van der Waals surface area contributed by atoms with Crippen LogP contribution in [0.5, 0.6) is 5.75 Å². The van der Waals surface area contributed by atoms with Crippen molar-refractivity contribution in [1.82, 2.24) is 0 Å². The minimum absolute atomic E-state index is 0. The van der Waals surface area contributed by atoms with Crippen molar-refractivity contribution in [1.29, 1.82) is 0 Å². The van der Waals surface area contributed by atoms with Gasteiger partial charge >= 0.3 is 37.4 Å². The summed E-state index contributed by atoms with van der Waals surface area (Å²) in [5.41, 5.74) is 0.555. The second-order valence-electron chi connectivity index (χ2n) is 4.33. The van der Waals surface area contributed by atoms with Crippen molar-refractivity contribution in [3.05, 3.63) is 29.8 Å². The molecule has 86 valence electrons. The van der Waals surface area contributed by atoms with Crippen molar-refractivity contribution >= 4 is 37.4 Å². The molecule has 0 aliphatic rings. The molecule has 0 aliphatic heterocycles. The molecule has 0 amide bonds. The molecule has 2 N–H and O–H groups in total. The summed E-state index contributed by atoms with van der Waals surface area (Å²) in [4.78, 5) is 17.5. The zero-order chi connectivity index (χ0) is 11.7. The fraction of sp³-hybridized carbons (Fsp3) is 0.400. The Morgan fingerprint density at radius 3 is 2.12 bits per heavy atom. The predicted octanol–water partition coefficient (Wildman–Crippen LogP) is 1.81. The average molecular weight is 254 g/mol. The zero-order valence-electron chi connectivity index (χ0n) is 8.97. The van der Waals surface area contributed by atoms with E-state index in [-0.39, 0.29) is 40.7 Å². The van der Waals surface area contributed by atoms with Crippen molar-refractivity contribution in [2.24, 2.45) is 0 Å². The van der Waals surface area contributed by atoms with Gasteiger partial charge in [0.05, 0.1) is 0 Å². The van der Waals surface area contributed by atoms with Crippen molar-refractivity contribution in [2.45, 2.75) is 26.2 Å². The Labute approximate surface area is 118 Å². The molecule has 0 saturated carbocycles. The van der Waals surface area contributed by atoms with E-state index in [4.69, 9.17) is 9.79 Å². The van der Waals surface area contributed by atoms with E-state index >= 15 is 0 Å². The van der Waals surface area contributed by atoms with Crippen LogP contribution in [0.15, 0.2) is 24.3 Å². The third kappa shape index (κ3) is 5.00. The van der Waals surface area contributed by atoms with Crippen LogP contribution in [0.25, 0.3) is 0 Å². The Balaban J connectivity index is 0.00000225. The molecule has 0 fully saturated rings. The van der Waals surface area contributed by atoms with E-state index in [0.29, 0.717) is 0 Å². The normalized spacial score (nSPS) is 11.8. The Kier molecular flexibility index (Phi) is 5.73. The average Bonchev–Trinajstić information content (AvgIpc) is 1.99. The minimum atomic E-state index is -4.48. The van der Waals surface area contributed by atoms with Gasteiger partial charge in [0, 0.05) is 5.56 Å². The van der Waals surface area contributed by atoms with E-state index in [1.165, 1.54) is 0 Å². The summed E-state index contributed by atoms with van der Waals surface area (Å²) in [7, 11) is -4.48. The monoisotopic (exact) mass is 254 g/mol. The summed E-state index contributed by atoms with van der Waals surface area (Å²) in [6.45, 7) is 5.86. The molecule has 16 heavy (non-hydrogen) atoms. The molecule has 1 rings (SSSR count). The second-order valence-corrected chi connectivity index (χ2v) is 5.49. The predicted molar refractivity (Wildman–Crippen MR) is 65.0 cm³/mol.